The molecule has 0 aliphatic carbocycles. The lowest BCUT2D eigenvalue weighted by Gasteiger charge is -2.18. The highest BCUT2D eigenvalue weighted by Gasteiger charge is 2.32. The molecule has 2 aromatic rings. The van der Waals surface area contributed by atoms with Gasteiger partial charge in [0.25, 0.3) is 0 Å². The summed E-state index contributed by atoms with van der Waals surface area (Å²) in [6, 6.07) is 12.7. The van der Waals surface area contributed by atoms with Crippen LogP contribution in [0.3, 0.4) is 0 Å². The second-order valence-corrected chi connectivity index (χ2v) is 6.61. The van der Waals surface area contributed by atoms with Gasteiger partial charge in [-0.15, -0.1) is 0 Å². The molecule has 7 nitrogen and oxygen atoms in total. The zero-order valence-electron chi connectivity index (χ0n) is 14.8. The Bertz CT molecular complexity index is 866. The molecular weight excluding hydrogens is 346 g/mol. The van der Waals surface area contributed by atoms with Crippen molar-refractivity contribution in [3.05, 3.63) is 53.6 Å². The maximum atomic E-state index is 12.2. The van der Waals surface area contributed by atoms with E-state index in [1.54, 1.807) is 29.2 Å². The van der Waals surface area contributed by atoms with Gasteiger partial charge in [-0.2, -0.15) is 0 Å². The van der Waals surface area contributed by atoms with Crippen molar-refractivity contribution in [2.45, 2.75) is 18.9 Å². The van der Waals surface area contributed by atoms with E-state index >= 15 is 0 Å². The largest absolute Gasteiger partial charge is 0.493 e. The molecule has 1 atom stereocenters. The van der Waals surface area contributed by atoms with Crippen molar-refractivity contribution in [2.24, 2.45) is 5.73 Å². The van der Waals surface area contributed by atoms with Crippen LogP contribution in [0.25, 0.3) is 0 Å². The van der Waals surface area contributed by atoms with Crippen LogP contribution in [0.5, 0.6) is 11.5 Å². The SMILES string of the molecule is N=C(N)c1ccc(N2CC(COc3ccc4c(c3)CCCO4)OC2=O)cc1. The van der Waals surface area contributed by atoms with E-state index in [2.05, 4.69) is 0 Å². The van der Waals surface area contributed by atoms with Gasteiger partial charge in [-0.3, -0.25) is 10.3 Å². The van der Waals surface area contributed by atoms with Gasteiger partial charge in [0.1, 0.15) is 23.9 Å². The second-order valence-electron chi connectivity index (χ2n) is 6.61. The molecule has 0 bridgehead atoms. The Morgan fingerprint density at radius 1 is 1.26 bits per heavy atom. The number of amidine groups is 1. The van der Waals surface area contributed by atoms with E-state index < -0.39 is 6.09 Å². The minimum Gasteiger partial charge on any atom is -0.493 e. The van der Waals surface area contributed by atoms with Crippen LogP contribution in [-0.4, -0.2) is 37.8 Å². The first-order valence-electron chi connectivity index (χ1n) is 8.91. The molecule has 2 aliphatic heterocycles. The van der Waals surface area contributed by atoms with Crippen LogP contribution in [0.2, 0.25) is 0 Å². The number of fused-ring (bicyclic) bond motifs is 1. The maximum absolute atomic E-state index is 12.2. The molecule has 0 saturated carbocycles. The average molecular weight is 367 g/mol. The fraction of sp³-hybridized carbons (Fsp3) is 0.300. The fourth-order valence-electron chi connectivity index (χ4n) is 3.26. The zero-order chi connectivity index (χ0) is 18.8. The summed E-state index contributed by atoms with van der Waals surface area (Å²) in [5.41, 5.74) is 7.93. The number of benzene rings is 2. The molecule has 2 aliphatic rings. The van der Waals surface area contributed by atoms with Crippen LogP contribution in [0.1, 0.15) is 17.5 Å². The van der Waals surface area contributed by atoms with E-state index in [0.717, 1.165) is 36.5 Å². The summed E-state index contributed by atoms with van der Waals surface area (Å²) < 4.78 is 16.8. The molecule has 1 unspecified atom stereocenters. The number of anilines is 1. The minimum atomic E-state index is -0.405. The summed E-state index contributed by atoms with van der Waals surface area (Å²) in [4.78, 5) is 13.7. The Labute approximate surface area is 157 Å². The van der Waals surface area contributed by atoms with Crippen molar-refractivity contribution in [1.82, 2.24) is 0 Å². The van der Waals surface area contributed by atoms with Crippen LogP contribution in [-0.2, 0) is 11.2 Å². The number of aryl methyl sites for hydroxylation is 1. The third kappa shape index (κ3) is 3.67. The molecule has 1 saturated heterocycles. The quantitative estimate of drug-likeness (QED) is 0.625. The minimum absolute atomic E-state index is 0.00715. The van der Waals surface area contributed by atoms with E-state index in [1.165, 1.54) is 0 Å². The van der Waals surface area contributed by atoms with Crippen LogP contribution >= 0.6 is 0 Å². The number of cyclic esters (lactones) is 1. The summed E-state index contributed by atoms with van der Waals surface area (Å²) in [7, 11) is 0. The highest BCUT2D eigenvalue weighted by molar-refractivity contribution is 5.96. The van der Waals surface area contributed by atoms with Crippen LogP contribution in [0.15, 0.2) is 42.5 Å². The molecule has 3 N–H and O–H groups in total. The van der Waals surface area contributed by atoms with Crippen molar-refractivity contribution in [2.75, 3.05) is 24.7 Å². The average Bonchev–Trinajstić information content (AvgIpc) is 3.07. The third-order valence-electron chi connectivity index (χ3n) is 4.68. The first-order valence-corrected chi connectivity index (χ1v) is 8.91. The number of nitrogens with zero attached hydrogens (tertiary/aromatic N) is 1. The van der Waals surface area contributed by atoms with Crippen molar-refractivity contribution < 1.29 is 19.0 Å². The normalized spacial score (nSPS) is 18.4. The number of amides is 1. The van der Waals surface area contributed by atoms with Crippen molar-refractivity contribution in [3.63, 3.8) is 0 Å². The van der Waals surface area contributed by atoms with E-state index in [9.17, 15) is 4.79 Å². The van der Waals surface area contributed by atoms with Gasteiger partial charge in [0.15, 0.2) is 6.10 Å². The van der Waals surface area contributed by atoms with Crippen molar-refractivity contribution in [1.29, 1.82) is 5.41 Å². The highest BCUT2D eigenvalue weighted by Crippen LogP contribution is 2.29. The molecule has 7 heteroatoms. The first-order chi connectivity index (χ1) is 13.1. The molecule has 2 aromatic carbocycles. The lowest BCUT2D eigenvalue weighted by molar-refractivity contribution is 0.105. The monoisotopic (exact) mass is 367 g/mol. The number of nitrogens with two attached hydrogens (primary N) is 1. The van der Waals surface area contributed by atoms with Gasteiger partial charge in [-0.05, 0) is 60.9 Å². The number of rotatable bonds is 5. The smallest absolute Gasteiger partial charge is 0.414 e. The Morgan fingerprint density at radius 2 is 2.07 bits per heavy atom. The molecular formula is C20H21N3O4. The number of hydrogen-bond acceptors (Lipinski definition) is 5. The van der Waals surface area contributed by atoms with Gasteiger partial charge in [0.05, 0.1) is 13.2 Å². The van der Waals surface area contributed by atoms with Gasteiger partial charge in [-0.1, -0.05) is 0 Å². The van der Waals surface area contributed by atoms with Crippen LogP contribution in [0, 0.1) is 5.41 Å². The molecule has 1 fully saturated rings. The number of hydrogen-bond donors (Lipinski definition) is 2. The maximum Gasteiger partial charge on any atom is 0.414 e. The highest BCUT2D eigenvalue weighted by atomic mass is 16.6. The fourth-order valence-corrected chi connectivity index (χ4v) is 3.26. The Morgan fingerprint density at radius 3 is 2.85 bits per heavy atom. The van der Waals surface area contributed by atoms with Crippen molar-refractivity contribution >= 4 is 17.6 Å². The van der Waals surface area contributed by atoms with Crippen molar-refractivity contribution in [3.8, 4) is 11.5 Å². The predicted octanol–water partition coefficient (Wildman–Crippen LogP) is 2.70. The lowest BCUT2D eigenvalue weighted by Crippen LogP contribution is -2.26. The predicted molar refractivity (Wildman–Crippen MR) is 101 cm³/mol. The number of nitrogens with one attached hydrogen (secondary N) is 1. The summed E-state index contributed by atoms with van der Waals surface area (Å²) in [5.74, 6) is 1.66. The number of nitrogen functional groups attached to an aromatic ring is 1. The molecule has 27 heavy (non-hydrogen) atoms. The van der Waals surface area contributed by atoms with E-state index in [-0.39, 0.29) is 18.5 Å². The van der Waals surface area contributed by atoms with Gasteiger partial charge < -0.3 is 19.9 Å². The topological polar surface area (TPSA) is 97.9 Å². The van der Waals surface area contributed by atoms with E-state index in [0.29, 0.717) is 17.8 Å². The number of ether oxygens (including phenoxy) is 3. The Hall–Kier alpha value is -3.22. The molecule has 2 heterocycles. The molecule has 0 radical (unpaired) electrons. The summed E-state index contributed by atoms with van der Waals surface area (Å²) >= 11 is 0. The van der Waals surface area contributed by atoms with E-state index in [4.69, 9.17) is 25.4 Å². The molecule has 1 amide bonds. The van der Waals surface area contributed by atoms with Gasteiger partial charge in [0.2, 0.25) is 0 Å². The Balaban J connectivity index is 1.37. The molecule has 0 spiro atoms. The van der Waals surface area contributed by atoms with E-state index in [1.807, 2.05) is 18.2 Å². The number of carbonyl (C=O) groups excluding carboxylic acids is 1. The summed E-state index contributed by atoms with van der Waals surface area (Å²) in [5, 5.41) is 7.43. The standard InChI is InChI=1S/C20H21N3O4/c21-19(22)13-3-5-15(6-4-13)23-11-17(27-20(23)24)12-26-16-7-8-18-14(10-16)2-1-9-25-18/h3-8,10,17H,1-2,9,11-12H2,(H3,21,22). The number of carbonyl (C=O) groups is 1. The van der Waals surface area contributed by atoms with Crippen LogP contribution < -0.4 is 20.1 Å². The van der Waals surface area contributed by atoms with Gasteiger partial charge >= 0.3 is 6.09 Å². The molecule has 0 aromatic heterocycles. The van der Waals surface area contributed by atoms with Gasteiger partial charge in [0, 0.05) is 11.3 Å². The molecule has 140 valence electrons. The molecule has 4 rings (SSSR count). The first kappa shape index (κ1) is 17.2. The third-order valence-corrected chi connectivity index (χ3v) is 4.68. The van der Waals surface area contributed by atoms with Gasteiger partial charge in [-0.25, -0.2) is 4.79 Å². The second kappa shape index (κ2) is 7.19. The van der Waals surface area contributed by atoms with Crippen LogP contribution in [0.4, 0.5) is 10.5 Å². The lowest BCUT2D eigenvalue weighted by atomic mass is 10.1. The zero-order valence-corrected chi connectivity index (χ0v) is 14.8. The summed E-state index contributed by atoms with van der Waals surface area (Å²) in [6.45, 7) is 1.45. The Kier molecular flexibility index (Phi) is 4.58. The summed E-state index contributed by atoms with van der Waals surface area (Å²) in [6.07, 6.45) is 1.23.